The van der Waals surface area contributed by atoms with E-state index in [4.69, 9.17) is 9.47 Å². The highest BCUT2D eigenvalue weighted by Crippen LogP contribution is 2.26. The van der Waals surface area contributed by atoms with Crippen LogP contribution in [0.5, 0.6) is 5.75 Å². The monoisotopic (exact) mass is 424 g/mol. The van der Waals surface area contributed by atoms with Crippen molar-refractivity contribution in [3.05, 3.63) is 77.4 Å². The molecular formula is C24H25FN2O4. The fraction of sp³-hybridized carbons (Fsp3) is 0.292. The van der Waals surface area contributed by atoms with Gasteiger partial charge in [0.25, 0.3) is 0 Å². The van der Waals surface area contributed by atoms with Crippen LogP contribution >= 0.6 is 0 Å². The number of aryl methyl sites for hydroxylation is 1. The summed E-state index contributed by atoms with van der Waals surface area (Å²) in [6, 6.07) is 12.7. The third kappa shape index (κ3) is 5.78. The largest absolute Gasteiger partial charge is 0.458 e. The number of hydrogen-bond acceptors (Lipinski definition) is 5. The Bertz CT molecular complexity index is 1060. The molecule has 0 radical (unpaired) electrons. The van der Waals surface area contributed by atoms with Crippen LogP contribution in [-0.4, -0.2) is 21.7 Å². The van der Waals surface area contributed by atoms with Gasteiger partial charge in [-0.2, -0.15) is 5.10 Å². The van der Waals surface area contributed by atoms with Gasteiger partial charge in [-0.3, -0.25) is 4.79 Å². The van der Waals surface area contributed by atoms with Crippen molar-refractivity contribution in [1.82, 2.24) is 9.78 Å². The maximum Gasteiger partial charge on any atom is 0.343 e. The number of carbonyl (C=O) groups is 2. The molecule has 7 heteroatoms. The zero-order valence-corrected chi connectivity index (χ0v) is 17.8. The van der Waals surface area contributed by atoms with Gasteiger partial charge in [0.2, 0.25) is 0 Å². The second kappa shape index (κ2) is 10.0. The normalized spacial score (nSPS) is 11.7. The zero-order valence-electron chi connectivity index (χ0n) is 17.8. The van der Waals surface area contributed by atoms with Gasteiger partial charge in [-0.1, -0.05) is 25.5 Å². The van der Waals surface area contributed by atoms with E-state index in [0.717, 1.165) is 18.4 Å². The van der Waals surface area contributed by atoms with Gasteiger partial charge < -0.3 is 9.47 Å². The summed E-state index contributed by atoms with van der Waals surface area (Å²) in [6.45, 7) is 5.16. The second-order valence-electron chi connectivity index (χ2n) is 7.26. The van der Waals surface area contributed by atoms with Gasteiger partial charge in [0.15, 0.2) is 5.75 Å². The average Bonchev–Trinajstić information content (AvgIpc) is 3.11. The molecule has 1 atom stereocenters. The molecule has 0 spiro atoms. The van der Waals surface area contributed by atoms with Gasteiger partial charge >= 0.3 is 11.9 Å². The molecule has 0 aliphatic carbocycles. The molecule has 0 saturated carbocycles. The molecule has 0 amide bonds. The number of ether oxygens (including phenoxy) is 2. The van der Waals surface area contributed by atoms with Gasteiger partial charge in [0.05, 0.1) is 17.4 Å². The number of unbranched alkanes of at least 4 members (excludes halogenated alkanes) is 1. The first-order valence-electron chi connectivity index (χ1n) is 10.2. The molecular weight excluding hydrogens is 399 g/mol. The summed E-state index contributed by atoms with van der Waals surface area (Å²) in [5.74, 6) is -0.939. The Hall–Kier alpha value is -3.48. The fourth-order valence-corrected chi connectivity index (χ4v) is 3.18. The molecule has 0 bridgehead atoms. The summed E-state index contributed by atoms with van der Waals surface area (Å²) < 4.78 is 25.7. The lowest BCUT2D eigenvalue weighted by Crippen LogP contribution is -2.12. The van der Waals surface area contributed by atoms with E-state index in [1.807, 2.05) is 6.07 Å². The van der Waals surface area contributed by atoms with E-state index in [9.17, 15) is 14.0 Å². The summed E-state index contributed by atoms with van der Waals surface area (Å²) in [7, 11) is 0. The maximum atomic E-state index is 13.1. The molecule has 6 nitrogen and oxygen atoms in total. The molecule has 3 aromatic rings. The molecule has 162 valence electrons. The summed E-state index contributed by atoms with van der Waals surface area (Å²) in [5, 5.41) is 4.33. The predicted octanol–water partition coefficient (Wildman–Crippen LogP) is 5.33. The molecule has 3 rings (SSSR count). The zero-order chi connectivity index (χ0) is 22.4. The van der Waals surface area contributed by atoms with Crippen LogP contribution in [0.2, 0.25) is 0 Å². The molecule has 1 heterocycles. The molecule has 31 heavy (non-hydrogen) atoms. The molecule has 0 aliphatic heterocycles. The van der Waals surface area contributed by atoms with Crippen molar-refractivity contribution in [2.75, 3.05) is 0 Å². The van der Waals surface area contributed by atoms with Crippen molar-refractivity contribution in [1.29, 1.82) is 0 Å². The minimum Gasteiger partial charge on any atom is -0.458 e. The Kier molecular flexibility index (Phi) is 7.18. The fourth-order valence-electron chi connectivity index (χ4n) is 3.18. The highest BCUT2D eigenvalue weighted by molar-refractivity contribution is 5.91. The van der Waals surface area contributed by atoms with Crippen LogP contribution in [0.4, 0.5) is 4.39 Å². The van der Waals surface area contributed by atoms with E-state index in [-0.39, 0.29) is 11.8 Å². The lowest BCUT2D eigenvalue weighted by Gasteiger charge is -2.17. The highest BCUT2D eigenvalue weighted by Gasteiger charge is 2.18. The number of aromatic nitrogens is 2. The summed E-state index contributed by atoms with van der Waals surface area (Å²) >= 11 is 0. The van der Waals surface area contributed by atoms with E-state index >= 15 is 0 Å². The molecule has 2 aromatic carbocycles. The minimum absolute atomic E-state index is 0.308. The smallest absolute Gasteiger partial charge is 0.343 e. The van der Waals surface area contributed by atoms with E-state index in [0.29, 0.717) is 29.1 Å². The Labute approximate surface area is 180 Å². The van der Waals surface area contributed by atoms with Crippen molar-refractivity contribution < 1.29 is 23.5 Å². The summed E-state index contributed by atoms with van der Waals surface area (Å²) in [6.07, 6.45) is 3.71. The number of carbonyl (C=O) groups excluding carboxylic acids is 2. The SMILES string of the molecule is CCCCC(OC(C)=O)c1cccc(C(=O)Oc2cn(-c3ccc(F)cc3)nc2C)c1. The topological polar surface area (TPSA) is 70.4 Å². The Morgan fingerprint density at radius 3 is 2.58 bits per heavy atom. The van der Waals surface area contributed by atoms with Crippen LogP contribution in [0.25, 0.3) is 5.69 Å². The van der Waals surface area contributed by atoms with Crippen molar-refractivity contribution in [3.8, 4) is 11.4 Å². The summed E-state index contributed by atoms with van der Waals surface area (Å²) in [5.41, 5.74) is 2.26. The predicted molar refractivity (Wildman–Crippen MR) is 114 cm³/mol. The third-order valence-electron chi connectivity index (χ3n) is 4.77. The molecule has 0 aliphatic rings. The number of hydrogen-bond donors (Lipinski definition) is 0. The van der Waals surface area contributed by atoms with Crippen molar-refractivity contribution in [2.24, 2.45) is 0 Å². The number of nitrogens with zero attached hydrogens (tertiary/aromatic N) is 2. The van der Waals surface area contributed by atoms with Crippen LogP contribution in [0, 0.1) is 12.7 Å². The molecule has 0 N–H and O–H groups in total. The Morgan fingerprint density at radius 2 is 1.90 bits per heavy atom. The third-order valence-corrected chi connectivity index (χ3v) is 4.77. The van der Waals surface area contributed by atoms with Crippen molar-refractivity contribution in [3.63, 3.8) is 0 Å². The average molecular weight is 424 g/mol. The molecule has 0 fully saturated rings. The summed E-state index contributed by atoms with van der Waals surface area (Å²) in [4.78, 5) is 24.2. The van der Waals surface area contributed by atoms with Gasteiger partial charge in [-0.25, -0.2) is 13.9 Å². The van der Waals surface area contributed by atoms with E-state index in [2.05, 4.69) is 12.0 Å². The first-order valence-corrected chi connectivity index (χ1v) is 10.2. The van der Waals surface area contributed by atoms with Crippen LogP contribution in [0.15, 0.2) is 54.7 Å². The maximum absolute atomic E-state index is 13.1. The van der Waals surface area contributed by atoms with Gasteiger partial charge in [-0.05, 0) is 61.7 Å². The standard InChI is InChI=1S/C24H25FN2O4/c1-4-5-9-22(30-17(3)28)18-7-6-8-19(14-18)24(29)31-23-15-27(26-16(23)2)21-12-10-20(25)11-13-21/h6-8,10-15,22H,4-5,9H2,1-3H3. The lowest BCUT2D eigenvalue weighted by molar-refractivity contribution is -0.147. The second-order valence-corrected chi connectivity index (χ2v) is 7.26. The molecule has 1 unspecified atom stereocenters. The van der Waals surface area contributed by atoms with Crippen LogP contribution < -0.4 is 4.74 Å². The first-order chi connectivity index (χ1) is 14.9. The van der Waals surface area contributed by atoms with Gasteiger partial charge in [-0.15, -0.1) is 0 Å². The van der Waals surface area contributed by atoms with Gasteiger partial charge in [0.1, 0.15) is 17.6 Å². The first kappa shape index (κ1) is 22.2. The van der Waals surface area contributed by atoms with Crippen LogP contribution in [0.1, 0.15) is 60.8 Å². The Morgan fingerprint density at radius 1 is 1.16 bits per heavy atom. The van der Waals surface area contributed by atoms with Crippen LogP contribution in [0.3, 0.4) is 0 Å². The van der Waals surface area contributed by atoms with E-state index in [1.54, 1.807) is 43.5 Å². The number of rotatable bonds is 8. The van der Waals surface area contributed by atoms with Crippen molar-refractivity contribution >= 4 is 11.9 Å². The van der Waals surface area contributed by atoms with E-state index in [1.165, 1.54) is 23.7 Å². The van der Waals surface area contributed by atoms with Crippen LogP contribution in [-0.2, 0) is 9.53 Å². The Balaban J connectivity index is 1.78. The van der Waals surface area contributed by atoms with E-state index < -0.39 is 12.1 Å². The number of halogens is 1. The van der Waals surface area contributed by atoms with Crippen molar-refractivity contribution in [2.45, 2.75) is 46.1 Å². The highest BCUT2D eigenvalue weighted by atomic mass is 19.1. The quantitative estimate of drug-likeness (QED) is 0.457. The molecule has 1 aromatic heterocycles. The lowest BCUT2D eigenvalue weighted by atomic mass is 10.0. The molecule has 0 saturated heterocycles. The number of benzene rings is 2. The van der Waals surface area contributed by atoms with Gasteiger partial charge in [0, 0.05) is 6.92 Å². The minimum atomic E-state index is -0.541. The number of esters is 2.